The summed E-state index contributed by atoms with van der Waals surface area (Å²) in [5, 5.41) is 3.57. The Labute approximate surface area is 150 Å². The molecule has 7 nitrogen and oxygen atoms in total. The number of rotatable bonds is 3. The van der Waals surface area contributed by atoms with E-state index < -0.39 is 0 Å². The Bertz CT molecular complexity index is 750. The highest BCUT2D eigenvalue weighted by atomic mass is 32.2. The van der Waals surface area contributed by atoms with Crippen LogP contribution in [0.2, 0.25) is 0 Å². The number of hydrogen-bond donors (Lipinski definition) is 1. The standard InChI is InChI=1S/C17H20N6OS/c24-17(15-9-18-4-5-19-15)23-6-1-13-14(2-7-23)20-11-21-16(13)22-12-3-8-25-10-12/h4-5,9,11-12H,1-3,6-8,10H2,(H,20,21,22)/t12-/m0/s1. The summed E-state index contributed by atoms with van der Waals surface area (Å²) < 4.78 is 0. The summed E-state index contributed by atoms with van der Waals surface area (Å²) in [5.41, 5.74) is 2.58. The number of anilines is 1. The van der Waals surface area contributed by atoms with E-state index in [4.69, 9.17) is 0 Å². The first kappa shape index (κ1) is 16.3. The Morgan fingerprint density at radius 2 is 2.12 bits per heavy atom. The molecule has 8 heteroatoms. The molecule has 0 bridgehead atoms. The van der Waals surface area contributed by atoms with Gasteiger partial charge in [0.15, 0.2) is 0 Å². The summed E-state index contributed by atoms with van der Waals surface area (Å²) in [6.07, 6.45) is 8.92. The number of amides is 1. The fraction of sp³-hybridized carbons (Fsp3) is 0.471. The van der Waals surface area contributed by atoms with E-state index in [2.05, 4.69) is 25.3 Å². The molecule has 2 aliphatic rings. The molecule has 1 atom stereocenters. The number of thioether (sulfide) groups is 1. The highest BCUT2D eigenvalue weighted by molar-refractivity contribution is 7.99. The van der Waals surface area contributed by atoms with Crippen molar-refractivity contribution in [2.75, 3.05) is 29.9 Å². The largest absolute Gasteiger partial charge is 0.366 e. The van der Waals surface area contributed by atoms with Crippen molar-refractivity contribution in [1.29, 1.82) is 0 Å². The van der Waals surface area contributed by atoms with Crippen LogP contribution < -0.4 is 5.32 Å². The van der Waals surface area contributed by atoms with Gasteiger partial charge in [0.1, 0.15) is 17.8 Å². The lowest BCUT2D eigenvalue weighted by atomic mass is 10.1. The molecule has 1 fully saturated rings. The molecule has 0 aromatic carbocycles. The van der Waals surface area contributed by atoms with Crippen LogP contribution in [0.3, 0.4) is 0 Å². The lowest BCUT2D eigenvalue weighted by molar-refractivity contribution is 0.0756. The molecule has 25 heavy (non-hydrogen) atoms. The van der Waals surface area contributed by atoms with Crippen LogP contribution in [0.5, 0.6) is 0 Å². The summed E-state index contributed by atoms with van der Waals surface area (Å²) in [7, 11) is 0. The van der Waals surface area contributed by atoms with E-state index in [0.29, 0.717) is 24.8 Å². The summed E-state index contributed by atoms with van der Waals surface area (Å²) in [4.78, 5) is 31.5. The van der Waals surface area contributed by atoms with Crippen LogP contribution in [-0.4, -0.2) is 61.4 Å². The van der Waals surface area contributed by atoms with Gasteiger partial charge in [0.25, 0.3) is 5.91 Å². The summed E-state index contributed by atoms with van der Waals surface area (Å²) >= 11 is 1.97. The zero-order valence-corrected chi connectivity index (χ0v) is 14.7. The van der Waals surface area contributed by atoms with Gasteiger partial charge < -0.3 is 10.2 Å². The average molecular weight is 356 g/mol. The van der Waals surface area contributed by atoms with Crippen LogP contribution in [0.15, 0.2) is 24.9 Å². The first-order chi connectivity index (χ1) is 12.3. The SMILES string of the molecule is O=C(c1cnccn1)N1CCc2ncnc(N[C@H]3CCSC3)c2CC1. The van der Waals surface area contributed by atoms with E-state index in [1.807, 2.05) is 16.7 Å². The second kappa shape index (κ2) is 7.35. The van der Waals surface area contributed by atoms with Crippen molar-refractivity contribution in [3.8, 4) is 0 Å². The predicted molar refractivity (Wildman–Crippen MR) is 96.7 cm³/mol. The van der Waals surface area contributed by atoms with Crippen molar-refractivity contribution in [3.05, 3.63) is 41.9 Å². The topological polar surface area (TPSA) is 83.9 Å². The van der Waals surface area contributed by atoms with Crippen LogP contribution in [-0.2, 0) is 12.8 Å². The molecule has 0 saturated carbocycles. The molecule has 1 amide bonds. The van der Waals surface area contributed by atoms with E-state index in [-0.39, 0.29) is 5.91 Å². The molecule has 0 unspecified atom stereocenters. The molecule has 4 heterocycles. The first-order valence-electron chi connectivity index (χ1n) is 8.53. The number of nitrogens with one attached hydrogen (secondary N) is 1. The van der Waals surface area contributed by atoms with E-state index in [9.17, 15) is 4.79 Å². The monoisotopic (exact) mass is 356 g/mol. The lowest BCUT2D eigenvalue weighted by Crippen LogP contribution is -2.34. The number of carbonyl (C=O) groups excluding carboxylic acids is 1. The molecule has 2 aromatic heterocycles. The van der Waals surface area contributed by atoms with Gasteiger partial charge in [0.2, 0.25) is 0 Å². The number of nitrogens with zero attached hydrogens (tertiary/aromatic N) is 5. The zero-order chi connectivity index (χ0) is 17.1. The number of fused-ring (bicyclic) bond motifs is 1. The molecule has 0 radical (unpaired) electrons. The van der Waals surface area contributed by atoms with Crippen LogP contribution >= 0.6 is 11.8 Å². The van der Waals surface area contributed by atoms with Crippen molar-refractivity contribution >= 4 is 23.5 Å². The number of carbonyl (C=O) groups is 1. The summed E-state index contributed by atoms with van der Waals surface area (Å²) in [6, 6.07) is 0.476. The highest BCUT2D eigenvalue weighted by Gasteiger charge is 2.24. The quantitative estimate of drug-likeness (QED) is 0.890. The Morgan fingerprint density at radius 1 is 1.20 bits per heavy atom. The molecular weight excluding hydrogens is 336 g/mol. The van der Waals surface area contributed by atoms with Crippen LogP contribution in [0.4, 0.5) is 5.82 Å². The van der Waals surface area contributed by atoms with Gasteiger partial charge in [0, 0.05) is 49.3 Å². The molecule has 1 saturated heterocycles. The molecule has 2 aliphatic heterocycles. The Kier molecular flexibility index (Phi) is 4.78. The van der Waals surface area contributed by atoms with Crippen molar-refractivity contribution in [1.82, 2.24) is 24.8 Å². The Morgan fingerprint density at radius 3 is 2.92 bits per heavy atom. The van der Waals surface area contributed by atoms with Gasteiger partial charge in [0.05, 0.1) is 11.9 Å². The van der Waals surface area contributed by atoms with Gasteiger partial charge in [-0.3, -0.25) is 9.78 Å². The van der Waals surface area contributed by atoms with Gasteiger partial charge >= 0.3 is 0 Å². The maximum atomic E-state index is 12.6. The summed E-state index contributed by atoms with van der Waals surface area (Å²) in [6.45, 7) is 1.28. The van der Waals surface area contributed by atoms with Crippen molar-refractivity contribution < 1.29 is 4.79 Å². The van der Waals surface area contributed by atoms with Crippen LogP contribution in [0, 0.1) is 0 Å². The highest BCUT2D eigenvalue weighted by Crippen LogP contribution is 2.25. The second-order valence-electron chi connectivity index (χ2n) is 6.24. The van der Waals surface area contributed by atoms with Crippen molar-refractivity contribution in [3.63, 3.8) is 0 Å². The zero-order valence-electron chi connectivity index (χ0n) is 13.9. The van der Waals surface area contributed by atoms with Gasteiger partial charge in [-0.05, 0) is 18.6 Å². The maximum absolute atomic E-state index is 12.6. The molecular formula is C17H20N6OS. The molecule has 0 spiro atoms. The minimum atomic E-state index is -0.0735. The minimum absolute atomic E-state index is 0.0735. The third kappa shape index (κ3) is 3.58. The van der Waals surface area contributed by atoms with Crippen LogP contribution in [0.25, 0.3) is 0 Å². The van der Waals surface area contributed by atoms with E-state index in [1.165, 1.54) is 18.4 Å². The Hall–Kier alpha value is -2.22. The minimum Gasteiger partial charge on any atom is -0.366 e. The molecule has 2 aromatic rings. The summed E-state index contributed by atoms with van der Waals surface area (Å²) in [5.74, 6) is 3.18. The maximum Gasteiger partial charge on any atom is 0.274 e. The lowest BCUT2D eigenvalue weighted by Gasteiger charge is -2.19. The van der Waals surface area contributed by atoms with Gasteiger partial charge in [-0.15, -0.1) is 0 Å². The third-order valence-electron chi connectivity index (χ3n) is 4.62. The number of aromatic nitrogens is 4. The fourth-order valence-electron chi connectivity index (χ4n) is 3.27. The normalized spacial score (nSPS) is 20.0. The predicted octanol–water partition coefficient (Wildman–Crippen LogP) is 1.43. The molecule has 0 aliphatic carbocycles. The smallest absolute Gasteiger partial charge is 0.274 e. The molecule has 130 valence electrons. The van der Waals surface area contributed by atoms with Gasteiger partial charge in [-0.25, -0.2) is 15.0 Å². The Balaban J connectivity index is 1.50. The first-order valence-corrected chi connectivity index (χ1v) is 9.69. The van der Waals surface area contributed by atoms with E-state index in [0.717, 1.165) is 35.7 Å². The van der Waals surface area contributed by atoms with Gasteiger partial charge in [-0.1, -0.05) is 0 Å². The fourth-order valence-corrected chi connectivity index (χ4v) is 4.42. The van der Waals surface area contributed by atoms with Crippen molar-refractivity contribution in [2.24, 2.45) is 0 Å². The average Bonchev–Trinajstić information content (AvgIpc) is 3.06. The number of hydrogen-bond acceptors (Lipinski definition) is 7. The van der Waals surface area contributed by atoms with Crippen LogP contribution in [0.1, 0.15) is 28.2 Å². The van der Waals surface area contributed by atoms with Crippen molar-refractivity contribution in [2.45, 2.75) is 25.3 Å². The second-order valence-corrected chi connectivity index (χ2v) is 7.39. The van der Waals surface area contributed by atoms with Gasteiger partial charge in [-0.2, -0.15) is 11.8 Å². The van der Waals surface area contributed by atoms with E-state index >= 15 is 0 Å². The van der Waals surface area contributed by atoms with E-state index in [1.54, 1.807) is 18.7 Å². The molecule has 4 rings (SSSR count). The molecule has 1 N–H and O–H groups in total. The third-order valence-corrected chi connectivity index (χ3v) is 5.79.